The van der Waals surface area contributed by atoms with Crippen LogP contribution in [0.1, 0.15) is 34.1 Å². The first kappa shape index (κ1) is 23.4. The van der Waals surface area contributed by atoms with Gasteiger partial charge < -0.3 is 16.0 Å². The van der Waals surface area contributed by atoms with E-state index in [1.165, 1.54) is 0 Å². The summed E-state index contributed by atoms with van der Waals surface area (Å²) >= 11 is 6.12. The van der Waals surface area contributed by atoms with Crippen molar-refractivity contribution in [2.45, 2.75) is 26.7 Å². The molecule has 3 N–H and O–H groups in total. The maximum atomic E-state index is 12.8. The average molecular weight is 499 g/mol. The van der Waals surface area contributed by atoms with Crippen LogP contribution in [-0.2, 0) is 17.6 Å². The second-order valence-corrected chi connectivity index (χ2v) is 8.89. The molecule has 2 aromatic carbocycles. The number of halogens is 1. The third-order valence-electron chi connectivity index (χ3n) is 5.86. The molecule has 1 aliphatic heterocycles. The Morgan fingerprint density at radius 1 is 1.08 bits per heavy atom. The Hall–Kier alpha value is -4.30. The molecule has 4 aromatic rings. The summed E-state index contributed by atoms with van der Waals surface area (Å²) in [6, 6.07) is 16.2. The molecule has 0 unspecified atom stereocenters. The molecule has 36 heavy (non-hydrogen) atoms. The van der Waals surface area contributed by atoms with Crippen LogP contribution in [0.15, 0.2) is 60.8 Å². The molecule has 0 atom stereocenters. The van der Waals surface area contributed by atoms with Crippen LogP contribution in [0.4, 0.5) is 23.1 Å². The van der Waals surface area contributed by atoms with Crippen molar-refractivity contribution < 1.29 is 9.59 Å². The minimum atomic E-state index is -0.233. The van der Waals surface area contributed by atoms with Gasteiger partial charge >= 0.3 is 0 Å². The monoisotopic (exact) mass is 498 g/mol. The van der Waals surface area contributed by atoms with Gasteiger partial charge in [0.15, 0.2) is 0 Å². The van der Waals surface area contributed by atoms with E-state index in [1.54, 1.807) is 42.6 Å². The number of pyridine rings is 1. The number of benzene rings is 2. The predicted octanol–water partition coefficient (Wildman–Crippen LogP) is 5.55. The van der Waals surface area contributed by atoms with Gasteiger partial charge in [-0.3, -0.25) is 9.59 Å². The summed E-state index contributed by atoms with van der Waals surface area (Å²) < 4.78 is 0. The highest BCUT2D eigenvalue weighted by Gasteiger charge is 2.21. The smallest absolute Gasteiger partial charge is 0.256 e. The first-order chi connectivity index (χ1) is 17.4. The number of fused-ring (bicyclic) bond motifs is 3. The van der Waals surface area contributed by atoms with Crippen molar-refractivity contribution in [3.8, 4) is 11.3 Å². The van der Waals surface area contributed by atoms with E-state index in [0.29, 0.717) is 39.4 Å². The van der Waals surface area contributed by atoms with Crippen molar-refractivity contribution in [2.24, 2.45) is 0 Å². The fraction of sp³-hybridized carbons (Fsp3) is 0.148. The van der Waals surface area contributed by atoms with Gasteiger partial charge in [0.1, 0.15) is 5.82 Å². The maximum absolute atomic E-state index is 12.8. The molecule has 2 amide bonds. The summed E-state index contributed by atoms with van der Waals surface area (Å²) in [6.45, 7) is 3.91. The van der Waals surface area contributed by atoms with Gasteiger partial charge in [-0.25, -0.2) is 15.0 Å². The van der Waals surface area contributed by atoms with Crippen molar-refractivity contribution >= 4 is 46.6 Å². The molecule has 8 nitrogen and oxygen atoms in total. The Labute approximate surface area is 213 Å². The van der Waals surface area contributed by atoms with Gasteiger partial charge in [-0.15, -0.1) is 0 Å². The standard InChI is InChI=1S/C27H23ClN6O2/c1-3-16-5-4-15(2)30-25(16)34-26(36)17-6-9-20(10-7-17)31-27-29-14-18-12-23(35)32-22-13-19(28)8-11-21(22)24(18)33-27/h4-11,13-14H,3,12H2,1-2H3,(H,32,35)(H,29,31,33)(H,30,34,36). The zero-order chi connectivity index (χ0) is 25.2. The Bertz CT molecular complexity index is 1490. The quantitative estimate of drug-likeness (QED) is 0.332. The highest BCUT2D eigenvalue weighted by Crippen LogP contribution is 2.34. The van der Waals surface area contributed by atoms with Crippen LogP contribution >= 0.6 is 11.6 Å². The molecule has 1 aliphatic rings. The van der Waals surface area contributed by atoms with Crippen molar-refractivity contribution in [1.82, 2.24) is 15.0 Å². The van der Waals surface area contributed by atoms with E-state index < -0.39 is 0 Å². The molecule has 0 fully saturated rings. The van der Waals surface area contributed by atoms with Gasteiger partial charge in [0, 0.05) is 39.3 Å². The van der Waals surface area contributed by atoms with E-state index in [1.807, 2.05) is 32.0 Å². The van der Waals surface area contributed by atoms with E-state index in [2.05, 4.69) is 30.9 Å². The van der Waals surface area contributed by atoms with Crippen LogP contribution in [-0.4, -0.2) is 26.8 Å². The first-order valence-corrected chi connectivity index (χ1v) is 11.9. The summed E-state index contributed by atoms with van der Waals surface area (Å²) in [5, 5.41) is 9.47. The fourth-order valence-electron chi connectivity index (χ4n) is 4.02. The fourth-order valence-corrected chi connectivity index (χ4v) is 4.19. The zero-order valence-electron chi connectivity index (χ0n) is 19.7. The highest BCUT2D eigenvalue weighted by molar-refractivity contribution is 6.31. The van der Waals surface area contributed by atoms with Crippen molar-refractivity contribution in [1.29, 1.82) is 0 Å². The molecule has 0 aliphatic carbocycles. The van der Waals surface area contributed by atoms with Crippen LogP contribution in [0.25, 0.3) is 11.3 Å². The van der Waals surface area contributed by atoms with Crippen LogP contribution in [0.3, 0.4) is 0 Å². The largest absolute Gasteiger partial charge is 0.325 e. The number of aryl methyl sites for hydroxylation is 2. The lowest BCUT2D eigenvalue weighted by Crippen LogP contribution is -2.15. The van der Waals surface area contributed by atoms with E-state index in [4.69, 9.17) is 11.6 Å². The molecule has 0 bridgehead atoms. The number of carbonyl (C=O) groups excluding carboxylic acids is 2. The summed E-state index contributed by atoms with van der Waals surface area (Å²) in [6.07, 6.45) is 2.59. The van der Waals surface area contributed by atoms with Crippen LogP contribution in [0.5, 0.6) is 0 Å². The summed E-state index contributed by atoms with van der Waals surface area (Å²) in [5.41, 5.74) is 5.81. The number of rotatable bonds is 5. The number of amides is 2. The summed E-state index contributed by atoms with van der Waals surface area (Å²) in [4.78, 5) is 38.6. The molecule has 2 aromatic heterocycles. The molecule has 0 spiro atoms. The molecule has 9 heteroatoms. The van der Waals surface area contributed by atoms with Crippen molar-refractivity contribution in [2.75, 3.05) is 16.0 Å². The molecule has 180 valence electrons. The second kappa shape index (κ2) is 9.75. The Kier molecular flexibility index (Phi) is 6.35. The van der Waals surface area contributed by atoms with E-state index >= 15 is 0 Å². The second-order valence-electron chi connectivity index (χ2n) is 8.45. The molecule has 0 saturated carbocycles. The molecule has 0 saturated heterocycles. The van der Waals surface area contributed by atoms with Crippen LogP contribution < -0.4 is 16.0 Å². The number of nitrogens with zero attached hydrogens (tertiary/aromatic N) is 3. The third kappa shape index (κ3) is 4.89. The Balaban J connectivity index is 1.36. The number of anilines is 4. The average Bonchev–Trinajstić information content (AvgIpc) is 2.99. The number of aromatic nitrogens is 3. The molecule has 5 rings (SSSR count). The zero-order valence-corrected chi connectivity index (χ0v) is 20.5. The minimum absolute atomic E-state index is 0.151. The lowest BCUT2D eigenvalue weighted by molar-refractivity contribution is -0.115. The molecule has 0 radical (unpaired) electrons. The highest BCUT2D eigenvalue weighted by atomic mass is 35.5. The van der Waals surface area contributed by atoms with Gasteiger partial charge in [-0.1, -0.05) is 24.6 Å². The topological polar surface area (TPSA) is 109 Å². The Morgan fingerprint density at radius 2 is 1.89 bits per heavy atom. The SMILES string of the molecule is CCc1ccc(C)nc1NC(=O)c1ccc(Nc2ncc3c(n2)-c2ccc(Cl)cc2NC(=O)C3)cc1. The molecular weight excluding hydrogens is 476 g/mol. The van der Waals surface area contributed by atoms with Gasteiger partial charge in [0.2, 0.25) is 11.9 Å². The van der Waals surface area contributed by atoms with Gasteiger partial charge in [0.25, 0.3) is 5.91 Å². The summed E-state index contributed by atoms with van der Waals surface area (Å²) in [7, 11) is 0. The van der Waals surface area contributed by atoms with E-state index in [-0.39, 0.29) is 18.2 Å². The minimum Gasteiger partial charge on any atom is -0.325 e. The van der Waals surface area contributed by atoms with E-state index in [0.717, 1.165) is 28.8 Å². The van der Waals surface area contributed by atoms with Gasteiger partial charge in [0.05, 0.1) is 17.8 Å². The summed E-state index contributed by atoms with van der Waals surface area (Å²) in [5.74, 6) is 0.570. The number of nitrogens with one attached hydrogen (secondary N) is 3. The lowest BCUT2D eigenvalue weighted by Gasteiger charge is -2.12. The number of hydrogen-bond donors (Lipinski definition) is 3. The molecule has 3 heterocycles. The van der Waals surface area contributed by atoms with Crippen molar-refractivity contribution in [3.63, 3.8) is 0 Å². The van der Waals surface area contributed by atoms with E-state index in [9.17, 15) is 9.59 Å². The number of carbonyl (C=O) groups is 2. The predicted molar refractivity (Wildman–Crippen MR) is 141 cm³/mol. The van der Waals surface area contributed by atoms with Gasteiger partial charge in [-0.05, 0) is 67.4 Å². The van der Waals surface area contributed by atoms with Crippen LogP contribution in [0.2, 0.25) is 5.02 Å². The maximum Gasteiger partial charge on any atom is 0.256 e. The molecular formula is C27H23ClN6O2. The van der Waals surface area contributed by atoms with Gasteiger partial charge in [-0.2, -0.15) is 0 Å². The lowest BCUT2D eigenvalue weighted by atomic mass is 10.1. The first-order valence-electron chi connectivity index (χ1n) is 11.5. The van der Waals surface area contributed by atoms with Crippen molar-refractivity contribution in [3.05, 3.63) is 88.2 Å². The normalized spacial score (nSPS) is 12.1. The van der Waals surface area contributed by atoms with Crippen LogP contribution in [0, 0.1) is 6.92 Å². The number of hydrogen-bond acceptors (Lipinski definition) is 6. The third-order valence-corrected chi connectivity index (χ3v) is 6.10. The Morgan fingerprint density at radius 3 is 2.67 bits per heavy atom.